The zero-order valence-corrected chi connectivity index (χ0v) is 9.61. The summed E-state index contributed by atoms with van der Waals surface area (Å²) in [6.07, 6.45) is 1.65. The molecule has 82 valence electrons. The molecule has 0 saturated carbocycles. The summed E-state index contributed by atoms with van der Waals surface area (Å²) in [4.78, 5) is 8.30. The Labute approximate surface area is 99.1 Å². The van der Waals surface area contributed by atoms with E-state index in [0.29, 0.717) is 17.6 Å². The highest BCUT2D eigenvalue weighted by molar-refractivity contribution is 6.29. The number of ether oxygens (including phenoxy) is 1. The Balaban J connectivity index is 2.27. The number of hydrogen-bond donors (Lipinski definition) is 0. The smallest absolute Gasteiger partial charge is 0.160 e. The fourth-order valence-electron chi connectivity index (χ4n) is 1.39. The van der Waals surface area contributed by atoms with E-state index in [2.05, 4.69) is 9.97 Å². The van der Waals surface area contributed by atoms with Crippen molar-refractivity contribution in [3.05, 3.63) is 47.2 Å². The second kappa shape index (κ2) is 5.05. The summed E-state index contributed by atoms with van der Waals surface area (Å²) in [5, 5.41) is 0.450. The second-order valence-corrected chi connectivity index (χ2v) is 3.72. The molecule has 3 nitrogen and oxygen atoms in total. The highest BCUT2D eigenvalue weighted by Crippen LogP contribution is 2.17. The summed E-state index contributed by atoms with van der Waals surface area (Å²) < 4.78 is 5.04. The van der Waals surface area contributed by atoms with E-state index in [0.717, 1.165) is 11.1 Å². The van der Waals surface area contributed by atoms with Crippen LogP contribution in [0.25, 0.3) is 11.4 Å². The van der Waals surface area contributed by atoms with Crippen molar-refractivity contribution in [1.29, 1.82) is 0 Å². The average Bonchev–Trinajstić information content (AvgIpc) is 2.30. The highest BCUT2D eigenvalue weighted by Gasteiger charge is 2.01. The summed E-state index contributed by atoms with van der Waals surface area (Å²) in [5.74, 6) is 0.636. The first-order valence-electron chi connectivity index (χ1n) is 4.86. The van der Waals surface area contributed by atoms with Gasteiger partial charge >= 0.3 is 0 Å². The molecular weight excluding hydrogens is 224 g/mol. The molecule has 0 bridgehead atoms. The molecule has 0 radical (unpaired) electrons. The van der Waals surface area contributed by atoms with Gasteiger partial charge in [-0.2, -0.15) is 0 Å². The van der Waals surface area contributed by atoms with Crippen LogP contribution in [0.5, 0.6) is 0 Å². The van der Waals surface area contributed by atoms with E-state index < -0.39 is 0 Å². The third kappa shape index (κ3) is 2.56. The van der Waals surface area contributed by atoms with Gasteiger partial charge in [-0.1, -0.05) is 35.9 Å². The number of halogens is 1. The Morgan fingerprint density at radius 3 is 2.56 bits per heavy atom. The number of rotatable bonds is 3. The predicted molar refractivity (Wildman–Crippen MR) is 63.2 cm³/mol. The molecule has 1 aromatic carbocycles. The van der Waals surface area contributed by atoms with E-state index in [1.165, 1.54) is 0 Å². The molecule has 0 aliphatic rings. The van der Waals surface area contributed by atoms with Crippen LogP contribution in [-0.2, 0) is 11.3 Å². The lowest BCUT2D eigenvalue weighted by molar-refractivity contribution is 0.185. The van der Waals surface area contributed by atoms with Crippen LogP contribution >= 0.6 is 11.6 Å². The zero-order chi connectivity index (χ0) is 11.4. The van der Waals surface area contributed by atoms with E-state index in [9.17, 15) is 0 Å². The maximum absolute atomic E-state index is 5.80. The molecule has 0 aliphatic heterocycles. The number of nitrogens with zero attached hydrogens (tertiary/aromatic N) is 2. The first-order valence-corrected chi connectivity index (χ1v) is 5.24. The van der Waals surface area contributed by atoms with Crippen molar-refractivity contribution < 1.29 is 4.74 Å². The van der Waals surface area contributed by atoms with Gasteiger partial charge in [-0.15, -0.1) is 0 Å². The van der Waals surface area contributed by atoms with Crippen LogP contribution in [0.1, 0.15) is 5.56 Å². The lowest BCUT2D eigenvalue weighted by Crippen LogP contribution is -1.90. The molecule has 0 atom stereocenters. The quantitative estimate of drug-likeness (QED) is 0.766. The largest absolute Gasteiger partial charge is 0.380 e. The van der Waals surface area contributed by atoms with E-state index >= 15 is 0 Å². The molecule has 0 aliphatic carbocycles. The lowest BCUT2D eigenvalue weighted by Gasteiger charge is -2.02. The average molecular weight is 235 g/mol. The SMILES string of the molecule is COCc1ccc(-c2nccc(Cl)n2)cc1. The number of benzene rings is 1. The van der Waals surface area contributed by atoms with Crippen LogP contribution in [0.3, 0.4) is 0 Å². The Hall–Kier alpha value is -1.45. The minimum Gasteiger partial charge on any atom is -0.380 e. The summed E-state index contributed by atoms with van der Waals surface area (Å²) >= 11 is 5.80. The van der Waals surface area contributed by atoms with Gasteiger partial charge in [-0.3, -0.25) is 0 Å². The van der Waals surface area contributed by atoms with Crippen molar-refractivity contribution in [2.24, 2.45) is 0 Å². The molecule has 0 fully saturated rings. The van der Waals surface area contributed by atoms with Crippen molar-refractivity contribution in [3.63, 3.8) is 0 Å². The summed E-state index contributed by atoms with van der Waals surface area (Å²) in [5.41, 5.74) is 2.07. The Kier molecular flexibility index (Phi) is 3.49. The van der Waals surface area contributed by atoms with Gasteiger partial charge in [0.1, 0.15) is 5.15 Å². The van der Waals surface area contributed by atoms with E-state index in [-0.39, 0.29) is 0 Å². The first kappa shape index (κ1) is 11.0. The van der Waals surface area contributed by atoms with Gasteiger partial charge in [0.25, 0.3) is 0 Å². The predicted octanol–water partition coefficient (Wildman–Crippen LogP) is 2.94. The van der Waals surface area contributed by atoms with Crippen molar-refractivity contribution >= 4 is 11.6 Å². The number of methoxy groups -OCH3 is 1. The lowest BCUT2D eigenvalue weighted by atomic mass is 10.1. The van der Waals surface area contributed by atoms with Crippen LogP contribution in [0.2, 0.25) is 5.15 Å². The van der Waals surface area contributed by atoms with Crippen LogP contribution in [0.4, 0.5) is 0 Å². The van der Waals surface area contributed by atoms with E-state index in [1.54, 1.807) is 19.4 Å². The van der Waals surface area contributed by atoms with Gasteiger partial charge in [0.2, 0.25) is 0 Å². The highest BCUT2D eigenvalue weighted by atomic mass is 35.5. The third-order valence-electron chi connectivity index (χ3n) is 2.14. The first-order chi connectivity index (χ1) is 7.79. The monoisotopic (exact) mass is 234 g/mol. The maximum atomic E-state index is 5.80. The minimum absolute atomic E-state index is 0.450. The second-order valence-electron chi connectivity index (χ2n) is 3.33. The van der Waals surface area contributed by atoms with Gasteiger partial charge in [0, 0.05) is 18.9 Å². The summed E-state index contributed by atoms with van der Waals surface area (Å²) in [7, 11) is 1.67. The van der Waals surface area contributed by atoms with Crippen molar-refractivity contribution in [2.45, 2.75) is 6.61 Å². The van der Waals surface area contributed by atoms with E-state index in [4.69, 9.17) is 16.3 Å². The van der Waals surface area contributed by atoms with Gasteiger partial charge in [-0.25, -0.2) is 9.97 Å². The molecule has 2 rings (SSSR count). The Morgan fingerprint density at radius 2 is 1.94 bits per heavy atom. The van der Waals surface area contributed by atoms with Crippen molar-refractivity contribution in [1.82, 2.24) is 9.97 Å². The Morgan fingerprint density at radius 1 is 1.19 bits per heavy atom. The standard InChI is InChI=1S/C12H11ClN2O/c1-16-8-9-2-4-10(5-3-9)12-14-7-6-11(13)15-12/h2-7H,8H2,1H3. The third-order valence-corrected chi connectivity index (χ3v) is 2.36. The molecule has 4 heteroatoms. The van der Waals surface area contributed by atoms with Gasteiger partial charge in [0.15, 0.2) is 5.82 Å². The zero-order valence-electron chi connectivity index (χ0n) is 8.85. The molecule has 0 amide bonds. The van der Waals surface area contributed by atoms with Crippen LogP contribution in [-0.4, -0.2) is 17.1 Å². The van der Waals surface area contributed by atoms with Gasteiger partial charge < -0.3 is 4.74 Å². The molecule has 0 saturated heterocycles. The van der Waals surface area contributed by atoms with Crippen LogP contribution in [0, 0.1) is 0 Å². The van der Waals surface area contributed by atoms with Crippen LogP contribution in [0.15, 0.2) is 36.5 Å². The molecule has 2 aromatic rings. The van der Waals surface area contributed by atoms with Crippen molar-refractivity contribution in [3.8, 4) is 11.4 Å². The van der Waals surface area contributed by atoms with Crippen molar-refractivity contribution in [2.75, 3.05) is 7.11 Å². The normalized spacial score (nSPS) is 10.4. The molecule has 0 unspecified atom stereocenters. The topological polar surface area (TPSA) is 35.0 Å². The Bertz CT molecular complexity index is 471. The summed E-state index contributed by atoms with van der Waals surface area (Å²) in [6.45, 7) is 0.608. The maximum Gasteiger partial charge on any atom is 0.160 e. The molecular formula is C12H11ClN2O. The van der Waals surface area contributed by atoms with Gasteiger partial charge in [0.05, 0.1) is 6.61 Å². The molecule has 16 heavy (non-hydrogen) atoms. The molecule has 1 aromatic heterocycles. The fourth-order valence-corrected chi connectivity index (χ4v) is 1.53. The number of hydrogen-bond acceptors (Lipinski definition) is 3. The molecule has 1 heterocycles. The fraction of sp³-hybridized carbons (Fsp3) is 0.167. The van der Waals surface area contributed by atoms with Gasteiger partial charge in [-0.05, 0) is 11.6 Å². The van der Waals surface area contributed by atoms with E-state index in [1.807, 2.05) is 24.3 Å². The number of aromatic nitrogens is 2. The summed E-state index contributed by atoms with van der Waals surface area (Å²) in [6, 6.07) is 9.55. The van der Waals surface area contributed by atoms with Crippen LogP contribution < -0.4 is 0 Å². The molecule has 0 N–H and O–H groups in total. The molecule has 0 spiro atoms. The minimum atomic E-state index is 0.450.